The van der Waals surface area contributed by atoms with E-state index in [4.69, 9.17) is 4.74 Å². The van der Waals surface area contributed by atoms with Crippen LogP contribution in [0.25, 0.3) is 0 Å². The van der Waals surface area contributed by atoms with E-state index >= 15 is 0 Å². The third-order valence-corrected chi connectivity index (χ3v) is 3.02. The van der Waals surface area contributed by atoms with E-state index in [0.29, 0.717) is 25.8 Å². The van der Waals surface area contributed by atoms with Gasteiger partial charge in [-0.05, 0) is 25.1 Å². The number of hydrogen-bond acceptors (Lipinski definition) is 3. The lowest BCUT2D eigenvalue weighted by Crippen LogP contribution is -2.32. The van der Waals surface area contributed by atoms with Gasteiger partial charge in [-0.15, -0.1) is 0 Å². The molecule has 0 saturated heterocycles. The minimum atomic E-state index is -4.56. The largest absolute Gasteiger partial charge is 0.481 e. The van der Waals surface area contributed by atoms with Crippen molar-refractivity contribution in [2.24, 2.45) is 4.99 Å². The number of benzene rings is 1. The molecule has 0 fully saturated rings. The molecule has 2 rings (SSSR count). The second kappa shape index (κ2) is 5.68. The molecule has 0 spiro atoms. The van der Waals surface area contributed by atoms with Gasteiger partial charge in [-0.2, -0.15) is 13.2 Å². The molecule has 0 radical (unpaired) electrons. The lowest BCUT2D eigenvalue weighted by molar-refractivity contribution is -0.137. The Morgan fingerprint density at radius 2 is 2.10 bits per heavy atom. The molecule has 0 amide bonds. The van der Waals surface area contributed by atoms with Gasteiger partial charge in [0.15, 0.2) is 6.40 Å². The molecule has 20 heavy (non-hydrogen) atoms. The highest BCUT2D eigenvalue weighted by molar-refractivity contribution is 5.52. The Morgan fingerprint density at radius 1 is 1.35 bits per heavy atom. The SMILES string of the molecule is CCN(CC1COC=N1)c1cc(F)cc(C(F)(F)F)c1. The van der Waals surface area contributed by atoms with Crippen LogP contribution < -0.4 is 4.90 Å². The van der Waals surface area contributed by atoms with E-state index in [1.807, 2.05) is 0 Å². The zero-order valence-electron chi connectivity index (χ0n) is 10.8. The van der Waals surface area contributed by atoms with Crippen LogP contribution in [0.5, 0.6) is 0 Å². The summed E-state index contributed by atoms with van der Waals surface area (Å²) in [7, 11) is 0. The number of anilines is 1. The second-order valence-electron chi connectivity index (χ2n) is 4.48. The lowest BCUT2D eigenvalue weighted by Gasteiger charge is -2.25. The maximum absolute atomic E-state index is 13.4. The van der Waals surface area contributed by atoms with E-state index in [2.05, 4.69) is 4.99 Å². The summed E-state index contributed by atoms with van der Waals surface area (Å²) in [6.45, 7) is 3.01. The molecule has 0 aromatic heterocycles. The molecule has 1 heterocycles. The Balaban J connectivity index is 2.24. The molecule has 0 aliphatic carbocycles. The first kappa shape index (κ1) is 14.6. The first-order valence-electron chi connectivity index (χ1n) is 6.16. The van der Waals surface area contributed by atoms with Gasteiger partial charge in [-0.3, -0.25) is 0 Å². The quantitative estimate of drug-likeness (QED) is 0.796. The summed E-state index contributed by atoms with van der Waals surface area (Å²) in [6, 6.07) is 2.39. The van der Waals surface area contributed by atoms with Gasteiger partial charge in [0.25, 0.3) is 0 Å². The van der Waals surface area contributed by atoms with E-state index in [1.165, 1.54) is 6.40 Å². The van der Waals surface area contributed by atoms with Crippen LogP contribution in [0.2, 0.25) is 0 Å². The maximum atomic E-state index is 13.4. The predicted molar refractivity (Wildman–Crippen MR) is 67.5 cm³/mol. The lowest BCUT2D eigenvalue weighted by atomic mass is 10.1. The number of hydrogen-bond donors (Lipinski definition) is 0. The smallest absolute Gasteiger partial charge is 0.416 e. The van der Waals surface area contributed by atoms with Crippen LogP contribution in [0, 0.1) is 5.82 Å². The van der Waals surface area contributed by atoms with Gasteiger partial charge in [-0.25, -0.2) is 9.38 Å². The van der Waals surface area contributed by atoms with Crippen molar-refractivity contribution in [2.45, 2.75) is 19.1 Å². The van der Waals surface area contributed by atoms with E-state index in [1.54, 1.807) is 11.8 Å². The average Bonchev–Trinajstić information content (AvgIpc) is 2.87. The summed E-state index contributed by atoms with van der Waals surface area (Å²) in [5.74, 6) is -0.903. The van der Waals surface area contributed by atoms with Crippen molar-refractivity contribution in [3.8, 4) is 0 Å². The average molecular weight is 290 g/mol. The fourth-order valence-corrected chi connectivity index (χ4v) is 2.02. The Bertz CT molecular complexity index is 502. The summed E-state index contributed by atoms with van der Waals surface area (Å²) in [4.78, 5) is 5.69. The van der Waals surface area contributed by atoms with Crippen molar-refractivity contribution in [1.82, 2.24) is 0 Å². The number of rotatable bonds is 4. The highest BCUT2D eigenvalue weighted by Gasteiger charge is 2.32. The van der Waals surface area contributed by atoms with Crippen molar-refractivity contribution >= 4 is 12.1 Å². The van der Waals surface area contributed by atoms with Gasteiger partial charge in [0, 0.05) is 18.8 Å². The molecule has 0 N–H and O–H groups in total. The first-order valence-corrected chi connectivity index (χ1v) is 6.16. The zero-order chi connectivity index (χ0) is 14.8. The maximum Gasteiger partial charge on any atom is 0.416 e. The molecular weight excluding hydrogens is 276 g/mol. The van der Waals surface area contributed by atoms with E-state index in [0.717, 1.165) is 12.1 Å². The molecule has 0 saturated carbocycles. The van der Waals surface area contributed by atoms with Crippen LogP contribution in [0.4, 0.5) is 23.2 Å². The summed E-state index contributed by atoms with van der Waals surface area (Å²) in [5, 5.41) is 0. The van der Waals surface area contributed by atoms with Crippen molar-refractivity contribution in [1.29, 1.82) is 0 Å². The molecule has 1 atom stereocenters. The van der Waals surface area contributed by atoms with E-state index in [-0.39, 0.29) is 11.7 Å². The van der Waals surface area contributed by atoms with E-state index < -0.39 is 17.6 Å². The Morgan fingerprint density at radius 3 is 2.65 bits per heavy atom. The van der Waals surface area contributed by atoms with Gasteiger partial charge in [0.1, 0.15) is 18.5 Å². The number of halogens is 4. The third-order valence-electron chi connectivity index (χ3n) is 3.02. The number of aliphatic imine (C=N–C) groups is 1. The first-order chi connectivity index (χ1) is 9.40. The molecule has 1 aliphatic rings. The van der Waals surface area contributed by atoms with Crippen molar-refractivity contribution in [2.75, 3.05) is 24.6 Å². The van der Waals surface area contributed by atoms with Crippen LogP contribution in [0.3, 0.4) is 0 Å². The Hall–Kier alpha value is -1.79. The molecule has 0 bridgehead atoms. The fraction of sp³-hybridized carbons (Fsp3) is 0.462. The van der Waals surface area contributed by atoms with Crippen molar-refractivity contribution in [3.63, 3.8) is 0 Å². The highest BCUT2D eigenvalue weighted by Crippen LogP contribution is 2.32. The van der Waals surface area contributed by atoms with Gasteiger partial charge < -0.3 is 9.64 Å². The van der Waals surface area contributed by atoms with Crippen LogP contribution in [-0.4, -0.2) is 32.1 Å². The Labute approximate surface area is 113 Å². The topological polar surface area (TPSA) is 24.8 Å². The number of nitrogens with zero attached hydrogens (tertiary/aromatic N) is 2. The molecule has 3 nitrogen and oxygen atoms in total. The predicted octanol–water partition coefficient (Wildman–Crippen LogP) is 3.10. The van der Waals surface area contributed by atoms with E-state index in [9.17, 15) is 17.6 Å². The van der Waals surface area contributed by atoms with Gasteiger partial charge in [-0.1, -0.05) is 0 Å². The molecule has 7 heteroatoms. The monoisotopic (exact) mass is 290 g/mol. The van der Waals surface area contributed by atoms with Crippen LogP contribution in [0.15, 0.2) is 23.2 Å². The standard InChI is InChI=1S/C13H14F4N2O/c1-2-19(6-11-7-20-8-18-11)12-4-9(13(15,16)17)3-10(14)5-12/h3-5,8,11H,2,6-7H2,1H3. The van der Waals surface area contributed by atoms with Crippen molar-refractivity contribution < 1.29 is 22.3 Å². The summed E-state index contributed by atoms with van der Waals surface area (Å²) in [5.41, 5.74) is -0.793. The molecule has 1 aromatic carbocycles. The summed E-state index contributed by atoms with van der Waals surface area (Å²) >= 11 is 0. The number of ether oxygens (including phenoxy) is 1. The molecular formula is C13H14F4N2O. The molecule has 1 aromatic rings. The molecule has 110 valence electrons. The van der Waals surface area contributed by atoms with Crippen LogP contribution in [-0.2, 0) is 10.9 Å². The zero-order valence-corrected chi connectivity index (χ0v) is 10.8. The summed E-state index contributed by atoms with van der Waals surface area (Å²) < 4.78 is 56.4. The minimum Gasteiger partial charge on any atom is -0.481 e. The minimum absolute atomic E-state index is 0.146. The number of likely N-dealkylation sites (N-methyl/N-ethyl adjacent to an activating group) is 1. The fourth-order valence-electron chi connectivity index (χ4n) is 2.02. The van der Waals surface area contributed by atoms with Gasteiger partial charge in [0.05, 0.1) is 5.56 Å². The van der Waals surface area contributed by atoms with Crippen molar-refractivity contribution in [3.05, 3.63) is 29.6 Å². The van der Waals surface area contributed by atoms with Crippen LogP contribution >= 0.6 is 0 Å². The van der Waals surface area contributed by atoms with Gasteiger partial charge >= 0.3 is 6.18 Å². The third kappa shape index (κ3) is 3.40. The van der Waals surface area contributed by atoms with Crippen LogP contribution in [0.1, 0.15) is 12.5 Å². The summed E-state index contributed by atoms with van der Waals surface area (Å²) in [6.07, 6.45) is -3.24. The van der Waals surface area contributed by atoms with Gasteiger partial charge in [0.2, 0.25) is 0 Å². The molecule has 1 aliphatic heterocycles. The Kier molecular flexibility index (Phi) is 4.15. The second-order valence-corrected chi connectivity index (χ2v) is 4.48. The number of alkyl halides is 3. The molecule has 1 unspecified atom stereocenters. The highest BCUT2D eigenvalue weighted by atomic mass is 19.4. The normalized spacial score (nSPS) is 18.1.